The number of carbonyl (C=O) groups excluding carboxylic acids is 1. The summed E-state index contributed by atoms with van der Waals surface area (Å²) in [6.45, 7) is 1.29. The molecule has 1 aromatic heterocycles. The van der Waals surface area contributed by atoms with E-state index in [1.54, 1.807) is 24.0 Å². The molecule has 2 heterocycles. The number of rotatable bonds is 5. The number of piperidine rings is 1. The largest absolute Gasteiger partial charge is 0.472 e. The van der Waals surface area contributed by atoms with Crippen molar-refractivity contribution in [2.45, 2.75) is 23.8 Å². The maximum Gasteiger partial charge on any atom is 0.319 e. The first-order chi connectivity index (χ1) is 12.2. The lowest BCUT2D eigenvalue weighted by molar-refractivity contribution is 0.0522. The Morgan fingerprint density at radius 1 is 1.32 bits per heavy atom. The Balaban J connectivity index is 1.69. The highest BCUT2D eigenvalue weighted by Crippen LogP contribution is 2.24. The minimum Gasteiger partial charge on any atom is -0.472 e. The van der Waals surface area contributed by atoms with E-state index in [4.69, 9.17) is 9.47 Å². The maximum atomic E-state index is 12.9. The number of ether oxygens (including phenoxy) is 2. The lowest BCUT2D eigenvalue weighted by Crippen LogP contribution is -2.44. The standard InChI is InChI=1S/C18H21N3O3S/c1-23-18-19-10-9-16(20-18)24-13-6-5-11-21(12-13)17(22)14-7-3-4-8-15(14)25-2/h3-4,7-10,13H,5-6,11-12H2,1-2H3. The van der Waals surface area contributed by atoms with Gasteiger partial charge in [-0.1, -0.05) is 12.1 Å². The summed E-state index contributed by atoms with van der Waals surface area (Å²) in [5.41, 5.74) is 0.749. The van der Waals surface area contributed by atoms with Crippen LogP contribution >= 0.6 is 11.8 Å². The van der Waals surface area contributed by atoms with Crippen molar-refractivity contribution < 1.29 is 14.3 Å². The topological polar surface area (TPSA) is 64.6 Å². The Morgan fingerprint density at radius 3 is 2.96 bits per heavy atom. The summed E-state index contributed by atoms with van der Waals surface area (Å²) < 4.78 is 11.0. The van der Waals surface area contributed by atoms with E-state index in [0.717, 1.165) is 29.8 Å². The molecule has 0 saturated carbocycles. The molecule has 1 unspecified atom stereocenters. The Hall–Kier alpha value is -2.28. The van der Waals surface area contributed by atoms with E-state index < -0.39 is 0 Å². The van der Waals surface area contributed by atoms with Crippen LogP contribution in [0.1, 0.15) is 23.2 Å². The van der Waals surface area contributed by atoms with Gasteiger partial charge in [-0.3, -0.25) is 4.79 Å². The van der Waals surface area contributed by atoms with Gasteiger partial charge in [0.2, 0.25) is 5.88 Å². The number of amides is 1. The van der Waals surface area contributed by atoms with E-state index in [-0.39, 0.29) is 18.0 Å². The third kappa shape index (κ3) is 4.22. The average Bonchev–Trinajstić information content (AvgIpc) is 2.67. The highest BCUT2D eigenvalue weighted by molar-refractivity contribution is 7.98. The maximum absolute atomic E-state index is 12.9. The molecule has 0 spiro atoms. The van der Waals surface area contributed by atoms with E-state index in [2.05, 4.69) is 9.97 Å². The molecule has 25 heavy (non-hydrogen) atoms. The number of aromatic nitrogens is 2. The van der Waals surface area contributed by atoms with Crippen molar-refractivity contribution in [3.63, 3.8) is 0 Å². The zero-order valence-electron chi connectivity index (χ0n) is 14.3. The third-order valence-electron chi connectivity index (χ3n) is 4.08. The lowest BCUT2D eigenvalue weighted by atomic mass is 10.1. The van der Waals surface area contributed by atoms with Crippen molar-refractivity contribution in [2.24, 2.45) is 0 Å². The van der Waals surface area contributed by atoms with Crippen molar-refractivity contribution in [3.05, 3.63) is 42.1 Å². The molecule has 6 nitrogen and oxygen atoms in total. The summed E-state index contributed by atoms with van der Waals surface area (Å²) in [6.07, 6.45) is 5.29. The van der Waals surface area contributed by atoms with Crippen LogP contribution in [0.4, 0.5) is 0 Å². The molecule has 1 aromatic carbocycles. The molecule has 1 fully saturated rings. The van der Waals surface area contributed by atoms with E-state index in [9.17, 15) is 4.79 Å². The Bertz CT molecular complexity index is 741. The van der Waals surface area contributed by atoms with E-state index >= 15 is 0 Å². The minimum absolute atomic E-state index is 0.0542. The number of likely N-dealkylation sites (tertiary alicyclic amines) is 1. The van der Waals surface area contributed by atoms with Crippen molar-refractivity contribution in [1.82, 2.24) is 14.9 Å². The molecule has 3 rings (SSSR count). The van der Waals surface area contributed by atoms with Gasteiger partial charge in [-0.15, -0.1) is 11.8 Å². The zero-order chi connectivity index (χ0) is 17.6. The van der Waals surface area contributed by atoms with Gasteiger partial charge in [-0.25, -0.2) is 4.98 Å². The van der Waals surface area contributed by atoms with Crippen molar-refractivity contribution >= 4 is 17.7 Å². The molecule has 0 radical (unpaired) electrons. The molecule has 7 heteroatoms. The molecular formula is C18H21N3O3S. The Labute approximate surface area is 151 Å². The molecule has 1 aliphatic heterocycles. The fraction of sp³-hybridized carbons (Fsp3) is 0.389. The van der Waals surface area contributed by atoms with E-state index in [1.165, 1.54) is 7.11 Å². The monoisotopic (exact) mass is 359 g/mol. The quantitative estimate of drug-likeness (QED) is 0.765. The van der Waals surface area contributed by atoms with Crippen LogP contribution in [0.15, 0.2) is 41.4 Å². The van der Waals surface area contributed by atoms with Gasteiger partial charge in [0.1, 0.15) is 6.10 Å². The molecule has 1 amide bonds. The predicted octanol–water partition coefficient (Wildman–Crippen LogP) is 2.89. The van der Waals surface area contributed by atoms with Crippen LogP contribution < -0.4 is 9.47 Å². The second-order valence-electron chi connectivity index (χ2n) is 5.72. The summed E-state index contributed by atoms with van der Waals surface area (Å²) in [7, 11) is 1.52. The molecule has 132 valence electrons. The van der Waals surface area contributed by atoms with Crippen LogP contribution in [-0.2, 0) is 0 Å². The predicted molar refractivity (Wildman–Crippen MR) is 96.4 cm³/mol. The summed E-state index contributed by atoms with van der Waals surface area (Å²) in [6, 6.07) is 9.68. The van der Waals surface area contributed by atoms with E-state index in [0.29, 0.717) is 12.4 Å². The van der Waals surface area contributed by atoms with Gasteiger partial charge in [-0.2, -0.15) is 4.98 Å². The number of thioether (sulfide) groups is 1. The first-order valence-corrected chi connectivity index (χ1v) is 9.39. The Morgan fingerprint density at radius 2 is 2.16 bits per heavy atom. The summed E-state index contributed by atoms with van der Waals surface area (Å²) >= 11 is 1.59. The molecule has 0 N–H and O–H groups in total. The number of methoxy groups -OCH3 is 1. The number of hydrogen-bond donors (Lipinski definition) is 0. The summed E-state index contributed by atoms with van der Waals surface area (Å²) in [5, 5.41) is 0. The highest BCUT2D eigenvalue weighted by Gasteiger charge is 2.27. The second-order valence-corrected chi connectivity index (χ2v) is 6.56. The first-order valence-electron chi connectivity index (χ1n) is 8.17. The summed E-state index contributed by atoms with van der Waals surface area (Å²) in [5.74, 6) is 0.522. The van der Waals surface area contributed by atoms with Crippen molar-refractivity contribution in [2.75, 3.05) is 26.5 Å². The average molecular weight is 359 g/mol. The normalized spacial score (nSPS) is 17.2. The van der Waals surface area contributed by atoms with E-state index in [1.807, 2.05) is 35.4 Å². The van der Waals surface area contributed by atoms with Crippen LogP contribution in [0.2, 0.25) is 0 Å². The van der Waals surface area contributed by atoms with Gasteiger partial charge in [-0.05, 0) is 31.2 Å². The number of nitrogens with zero attached hydrogens (tertiary/aromatic N) is 3. The Kier molecular flexibility index (Phi) is 5.75. The minimum atomic E-state index is -0.0845. The van der Waals surface area contributed by atoms with Gasteiger partial charge >= 0.3 is 6.01 Å². The number of hydrogen-bond acceptors (Lipinski definition) is 6. The molecule has 0 aliphatic carbocycles. The van der Waals surface area contributed by atoms with Crippen LogP contribution in [0.5, 0.6) is 11.9 Å². The molecule has 1 saturated heterocycles. The van der Waals surface area contributed by atoms with Gasteiger partial charge in [0.05, 0.1) is 19.2 Å². The van der Waals surface area contributed by atoms with Crippen molar-refractivity contribution in [1.29, 1.82) is 0 Å². The van der Waals surface area contributed by atoms with Crippen LogP contribution in [0.3, 0.4) is 0 Å². The van der Waals surface area contributed by atoms with Gasteiger partial charge < -0.3 is 14.4 Å². The SMILES string of the molecule is COc1nccc(OC2CCCN(C(=O)c3ccccc3SC)C2)n1. The molecular weight excluding hydrogens is 338 g/mol. The third-order valence-corrected chi connectivity index (χ3v) is 4.88. The number of carbonyl (C=O) groups is 1. The van der Waals surface area contributed by atoms with Gasteiger partial charge in [0.25, 0.3) is 5.91 Å². The fourth-order valence-electron chi connectivity index (χ4n) is 2.87. The van der Waals surface area contributed by atoms with Gasteiger partial charge in [0.15, 0.2) is 0 Å². The van der Waals surface area contributed by atoms with Crippen LogP contribution in [0, 0.1) is 0 Å². The lowest BCUT2D eigenvalue weighted by Gasteiger charge is -2.33. The summed E-state index contributed by atoms with van der Waals surface area (Å²) in [4.78, 5) is 23.9. The zero-order valence-corrected chi connectivity index (χ0v) is 15.2. The fourth-order valence-corrected chi connectivity index (χ4v) is 3.46. The molecule has 0 bridgehead atoms. The van der Waals surface area contributed by atoms with Crippen LogP contribution in [-0.4, -0.2) is 53.3 Å². The highest BCUT2D eigenvalue weighted by atomic mass is 32.2. The van der Waals surface area contributed by atoms with Gasteiger partial charge in [0, 0.05) is 23.7 Å². The molecule has 1 atom stereocenters. The second kappa shape index (κ2) is 8.20. The first kappa shape index (κ1) is 17.5. The number of benzene rings is 1. The molecule has 2 aromatic rings. The molecule has 1 aliphatic rings. The smallest absolute Gasteiger partial charge is 0.319 e. The van der Waals surface area contributed by atoms with Crippen LogP contribution in [0.25, 0.3) is 0 Å². The van der Waals surface area contributed by atoms with Crippen molar-refractivity contribution in [3.8, 4) is 11.9 Å².